The van der Waals surface area contributed by atoms with Gasteiger partial charge >= 0.3 is 6.18 Å². The fraction of sp³-hybridized carbons (Fsp3) is 0.389. The SMILES string of the molecule is CC1(C)SCC(c2sc(C(=O)NCc3ccc(C(F)(F)F)cn3)cc2Cl)N=C1N. The van der Waals surface area contributed by atoms with Gasteiger partial charge in [-0.3, -0.25) is 14.8 Å². The lowest BCUT2D eigenvalue weighted by Crippen LogP contribution is -2.39. The topological polar surface area (TPSA) is 80.4 Å². The van der Waals surface area contributed by atoms with Crippen LogP contribution in [0.4, 0.5) is 13.2 Å². The lowest BCUT2D eigenvalue weighted by atomic mass is 10.1. The standard InChI is InChI=1S/C18H18ClF3N4OS2/c1-17(2)16(23)26-12(8-28-17)14-11(19)5-13(29-14)15(27)25-7-10-4-3-9(6-24-10)18(20,21)22/h3-6,12H,7-8H2,1-2H3,(H2,23,26)(H,25,27). The number of hydrogen-bond acceptors (Lipinski definition) is 6. The Hall–Kier alpha value is -1.78. The number of pyridine rings is 1. The van der Waals surface area contributed by atoms with E-state index in [9.17, 15) is 18.0 Å². The Balaban J connectivity index is 1.67. The maximum atomic E-state index is 12.6. The molecule has 1 aliphatic heterocycles. The Morgan fingerprint density at radius 1 is 1.41 bits per heavy atom. The van der Waals surface area contributed by atoms with Gasteiger partial charge in [0.05, 0.1) is 38.5 Å². The van der Waals surface area contributed by atoms with E-state index in [4.69, 9.17) is 17.3 Å². The van der Waals surface area contributed by atoms with E-state index in [-0.39, 0.29) is 23.2 Å². The Morgan fingerprint density at radius 2 is 2.14 bits per heavy atom. The number of nitrogens with two attached hydrogens (primary N) is 1. The van der Waals surface area contributed by atoms with E-state index in [0.717, 1.165) is 17.1 Å². The maximum Gasteiger partial charge on any atom is 0.417 e. The predicted molar refractivity (Wildman–Crippen MR) is 111 cm³/mol. The van der Waals surface area contributed by atoms with E-state index in [2.05, 4.69) is 15.3 Å². The number of hydrogen-bond donors (Lipinski definition) is 2. The van der Waals surface area contributed by atoms with Crippen LogP contribution in [0, 0.1) is 0 Å². The van der Waals surface area contributed by atoms with Crippen LogP contribution in [0.1, 0.15) is 45.7 Å². The average molecular weight is 463 g/mol. The second-order valence-corrected chi connectivity index (χ2v) is 10.0. The van der Waals surface area contributed by atoms with Crippen molar-refractivity contribution in [2.45, 2.75) is 37.4 Å². The van der Waals surface area contributed by atoms with E-state index >= 15 is 0 Å². The number of aromatic nitrogens is 1. The van der Waals surface area contributed by atoms with Crippen molar-refractivity contribution in [3.8, 4) is 0 Å². The Morgan fingerprint density at radius 3 is 2.72 bits per heavy atom. The number of amidine groups is 1. The second kappa shape index (κ2) is 8.16. The van der Waals surface area contributed by atoms with E-state index in [0.29, 0.717) is 27.2 Å². The largest absolute Gasteiger partial charge is 0.417 e. The van der Waals surface area contributed by atoms with Crippen LogP contribution in [0.25, 0.3) is 0 Å². The first kappa shape index (κ1) is 21.9. The summed E-state index contributed by atoms with van der Waals surface area (Å²) in [6.07, 6.45) is -3.70. The number of thioether (sulfide) groups is 1. The monoisotopic (exact) mass is 462 g/mol. The van der Waals surface area contributed by atoms with Gasteiger partial charge in [0.15, 0.2) is 0 Å². The summed E-state index contributed by atoms with van der Waals surface area (Å²) in [6.45, 7) is 3.99. The van der Waals surface area contributed by atoms with Crippen molar-refractivity contribution in [2.75, 3.05) is 5.75 Å². The number of halogens is 4. The van der Waals surface area contributed by atoms with Gasteiger partial charge in [0, 0.05) is 16.8 Å². The molecule has 0 aliphatic carbocycles. The summed E-state index contributed by atoms with van der Waals surface area (Å²) in [4.78, 5) is 21.8. The van der Waals surface area contributed by atoms with Crippen molar-refractivity contribution in [1.29, 1.82) is 0 Å². The van der Waals surface area contributed by atoms with Gasteiger partial charge in [-0.1, -0.05) is 11.6 Å². The normalized spacial score (nSPS) is 19.0. The van der Waals surface area contributed by atoms with E-state index in [1.165, 1.54) is 17.4 Å². The molecule has 11 heteroatoms. The van der Waals surface area contributed by atoms with Crippen LogP contribution >= 0.6 is 34.7 Å². The Labute approximate surface area is 178 Å². The molecule has 0 saturated carbocycles. The minimum absolute atomic E-state index is 0.000391. The minimum Gasteiger partial charge on any atom is -0.386 e. The molecule has 2 aromatic rings. The van der Waals surface area contributed by atoms with E-state index in [1.54, 1.807) is 17.8 Å². The Kier molecular flexibility index (Phi) is 6.16. The third kappa shape index (κ3) is 5.04. The molecule has 1 aliphatic rings. The van der Waals surface area contributed by atoms with Crippen molar-refractivity contribution in [3.63, 3.8) is 0 Å². The van der Waals surface area contributed by atoms with Gasteiger partial charge in [0.1, 0.15) is 5.84 Å². The first-order valence-electron chi connectivity index (χ1n) is 8.54. The van der Waals surface area contributed by atoms with Crippen LogP contribution in [0.3, 0.4) is 0 Å². The van der Waals surface area contributed by atoms with Crippen molar-refractivity contribution < 1.29 is 18.0 Å². The first-order chi connectivity index (χ1) is 13.5. The molecule has 3 N–H and O–H groups in total. The molecule has 0 fully saturated rings. The number of rotatable bonds is 4. The predicted octanol–water partition coefficient (Wildman–Crippen LogP) is 4.67. The number of amides is 1. The van der Waals surface area contributed by atoms with Gasteiger partial charge in [-0.15, -0.1) is 23.1 Å². The molecule has 3 rings (SSSR count). The molecule has 0 bridgehead atoms. The van der Waals surface area contributed by atoms with Crippen LogP contribution in [0.2, 0.25) is 5.02 Å². The molecule has 0 saturated heterocycles. The number of carbonyl (C=O) groups is 1. The van der Waals surface area contributed by atoms with E-state index in [1.807, 2.05) is 13.8 Å². The summed E-state index contributed by atoms with van der Waals surface area (Å²) in [6, 6.07) is 3.50. The highest BCUT2D eigenvalue weighted by Gasteiger charge is 2.33. The van der Waals surface area contributed by atoms with Crippen LogP contribution in [0.5, 0.6) is 0 Å². The molecule has 5 nitrogen and oxygen atoms in total. The van der Waals surface area contributed by atoms with Gasteiger partial charge in [-0.25, -0.2) is 0 Å². The molecule has 0 aromatic carbocycles. The molecule has 29 heavy (non-hydrogen) atoms. The van der Waals surface area contributed by atoms with Crippen molar-refractivity contribution in [3.05, 3.63) is 50.4 Å². The van der Waals surface area contributed by atoms with E-state index < -0.39 is 11.7 Å². The van der Waals surface area contributed by atoms with Gasteiger partial charge < -0.3 is 11.1 Å². The molecular weight excluding hydrogens is 445 g/mol. The number of alkyl halides is 3. The molecule has 2 aromatic heterocycles. The highest BCUT2D eigenvalue weighted by atomic mass is 35.5. The fourth-order valence-corrected chi connectivity index (χ4v) is 5.08. The molecule has 156 valence electrons. The lowest BCUT2D eigenvalue weighted by Gasteiger charge is -2.30. The first-order valence-corrected chi connectivity index (χ1v) is 10.7. The van der Waals surface area contributed by atoms with Crippen molar-refractivity contribution in [2.24, 2.45) is 10.7 Å². The zero-order chi connectivity index (χ0) is 21.4. The molecule has 3 heterocycles. The third-order valence-corrected chi connectivity index (χ3v) is 7.41. The third-order valence-electron chi connectivity index (χ3n) is 4.34. The number of aliphatic imine (C=N–C) groups is 1. The summed E-state index contributed by atoms with van der Waals surface area (Å²) < 4.78 is 37.5. The van der Waals surface area contributed by atoms with Gasteiger partial charge in [0.2, 0.25) is 0 Å². The zero-order valence-corrected chi connectivity index (χ0v) is 17.9. The number of carbonyl (C=O) groups excluding carboxylic acids is 1. The quantitative estimate of drug-likeness (QED) is 0.692. The smallest absolute Gasteiger partial charge is 0.386 e. The summed E-state index contributed by atoms with van der Waals surface area (Å²) in [7, 11) is 0. The van der Waals surface area contributed by atoms with Crippen molar-refractivity contribution in [1.82, 2.24) is 10.3 Å². The zero-order valence-electron chi connectivity index (χ0n) is 15.5. The summed E-state index contributed by atoms with van der Waals surface area (Å²) in [5.74, 6) is 0.845. The summed E-state index contributed by atoms with van der Waals surface area (Å²) in [5, 5.41) is 3.08. The average Bonchev–Trinajstić information content (AvgIpc) is 3.03. The molecular formula is C18H18ClF3N4OS2. The van der Waals surface area contributed by atoms with Gasteiger partial charge in [0.25, 0.3) is 5.91 Å². The summed E-state index contributed by atoms with van der Waals surface area (Å²) in [5.41, 5.74) is 5.52. The highest BCUT2D eigenvalue weighted by Crippen LogP contribution is 2.41. The van der Waals surface area contributed by atoms with Gasteiger partial charge in [-0.05, 0) is 32.0 Å². The number of nitrogens with zero attached hydrogens (tertiary/aromatic N) is 2. The second-order valence-electron chi connectivity index (χ2n) is 6.89. The molecule has 0 spiro atoms. The van der Waals surface area contributed by atoms with Crippen LogP contribution in [0.15, 0.2) is 29.4 Å². The fourth-order valence-electron chi connectivity index (χ4n) is 2.53. The Bertz CT molecular complexity index is 942. The van der Waals surface area contributed by atoms with Crippen molar-refractivity contribution >= 4 is 46.4 Å². The minimum atomic E-state index is -4.45. The number of nitrogens with one attached hydrogen (secondary N) is 1. The van der Waals surface area contributed by atoms with Gasteiger partial charge in [-0.2, -0.15) is 13.2 Å². The van der Waals surface area contributed by atoms with Crippen LogP contribution in [-0.2, 0) is 12.7 Å². The maximum absolute atomic E-state index is 12.6. The lowest BCUT2D eigenvalue weighted by molar-refractivity contribution is -0.137. The molecule has 1 amide bonds. The van der Waals surface area contributed by atoms with Crippen LogP contribution in [-0.4, -0.2) is 27.2 Å². The molecule has 1 atom stereocenters. The number of thiophene rings is 1. The highest BCUT2D eigenvalue weighted by molar-refractivity contribution is 8.01. The molecule has 0 radical (unpaired) electrons. The molecule has 1 unspecified atom stereocenters. The van der Waals surface area contributed by atoms with Crippen LogP contribution < -0.4 is 11.1 Å². The summed E-state index contributed by atoms with van der Waals surface area (Å²) >= 11 is 9.21.